The van der Waals surface area contributed by atoms with Gasteiger partial charge in [-0.25, -0.2) is 8.42 Å². The minimum absolute atomic E-state index is 0.126. The van der Waals surface area contributed by atoms with Crippen LogP contribution in [0, 0.1) is 0 Å². The molecule has 1 N–H and O–H groups in total. The molecule has 6 nitrogen and oxygen atoms in total. The molecule has 0 aliphatic rings. The van der Waals surface area contributed by atoms with Gasteiger partial charge >= 0.3 is 0 Å². The lowest BCUT2D eigenvalue weighted by Gasteiger charge is -2.24. The number of rotatable bonds is 8. The molecule has 0 spiro atoms. The van der Waals surface area contributed by atoms with Crippen LogP contribution in [0.2, 0.25) is 0 Å². The van der Waals surface area contributed by atoms with Crippen LogP contribution in [0.1, 0.15) is 13.3 Å². The summed E-state index contributed by atoms with van der Waals surface area (Å²) in [6.45, 7) is 2.13. The van der Waals surface area contributed by atoms with E-state index in [1.54, 1.807) is 42.5 Å². The fourth-order valence-corrected chi connectivity index (χ4v) is 3.68. The number of carbonyl (C=O) groups excluding carboxylic acids is 1. The zero-order valence-electron chi connectivity index (χ0n) is 14.3. The van der Waals surface area contributed by atoms with Gasteiger partial charge in [-0.05, 0) is 30.7 Å². The molecule has 0 bridgehead atoms. The summed E-state index contributed by atoms with van der Waals surface area (Å²) in [4.78, 5) is 12.3. The lowest BCUT2D eigenvalue weighted by Crippen LogP contribution is -2.41. The molecule has 0 radical (unpaired) electrons. The summed E-state index contributed by atoms with van der Waals surface area (Å²) in [5.74, 6) is 0.156. The van der Waals surface area contributed by atoms with Crippen molar-refractivity contribution in [3.05, 3.63) is 54.6 Å². The summed E-state index contributed by atoms with van der Waals surface area (Å²) in [5, 5.41) is 2.71. The average molecular weight is 362 g/mol. The lowest BCUT2D eigenvalue weighted by molar-refractivity contribution is -0.119. The van der Waals surface area contributed by atoms with Crippen LogP contribution in [-0.2, 0) is 14.8 Å². The summed E-state index contributed by atoms with van der Waals surface area (Å²) in [6.07, 6.45) is 0.774. The molecule has 2 aromatic carbocycles. The minimum atomic E-state index is -3.88. The normalized spacial score (nSPS) is 11.0. The van der Waals surface area contributed by atoms with Gasteiger partial charge in [0.2, 0.25) is 5.91 Å². The zero-order valence-corrected chi connectivity index (χ0v) is 15.1. The molecule has 0 fully saturated rings. The highest BCUT2D eigenvalue weighted by Gasteiger charge is 2.27. The van der Waals surface area contributed by atoms with Crippen LogP contribution < -0.4 is 14.4 Å². The summed E-state index contributed by atoms with van der Waals surface area (Å²) in [6, 6.07) is 14.7. The number of carbonyl (C=O) groups is 1. The van der Waals surface area contributed by atoms with Gasteiger partial charge in [-0.2, -0.15) is 0 Å². The van der Waals surface area contributed by atoms with Crippen molar-refractivity contribution in [3.8, 4) is 5.75 Å². The van der Waals surface area contributed by atoms with E-state index in [-0.39, 0.29) is 17.3 Å². The number of hydrogen-bond acceptors (Lipinski definition) is 4. The summed E-state index contributed by atoms with van der Waals surface area (Å²) in [5.41, 5.74) is 0.370. The maximum absolute atomic E-state index is 13.0. The summed E-state index contributed by atoms with van der Waals surface area (Å²) < 4.78 is 32.4. The average Bonchev–Trinajstić information content (AvgIpc) is 2.65. The molecule has 7 heteroatoms. The maximum Gasteiger partial charge on any atom is 0.264 e. The zero-order chi connectivity index (χ0) is 18.3. The first kappa shape index (κ1) is 18.8. The Morgan fingerprint density at radius 2 is 1.84 bits per heavy atom. The van der Waals surface area contributed by atoms with Crippen molar-refractivity contribution in [2.24, 2.45) is 0 Å². The molecule has 2 aromatic rings. The SMILES string of the molecule is CCCNC(=O)CN(c1cccc(OC)c1)S(=O)(=O)c1ccccc1. The van der Waals surface area contributed by atoms with Crippen molar-refractivity contribution in [1.82, 2.24) is 5.32 Å². The van der Waals surface area contributed by atoms with E-state index in [1.807, 2.05) is 6.92 Å². The molecule has 0 saturated heterocycles. The molecule has 0 aliphatic heterocycles. The van der Waals surface area contributed by atoms with Crippen LogP contribution in [0.25, 0.3) is 0 Å². The van der Waals surface area contributed by atoms with E-state index in [1.165, 1.54) is 19.2 Å². The molecule has 134 valence electrons. The highest BCUT2D eigenvalue weighted by Crippen LogP contribution is 2.26. The number of anilines is 1. The highest BCUT2D eigenvalue weighted by molar-refractivity contribution is 7.92. The quantitative estimate of drug-likeness (QED) is 0.782. The molecule has 0 saturated carbocycles. The van der Waals surface area contributed by atoms with E-state index in [0.717, 1.165) is 10.7 Å². The topological polar surface area (TPSA) is 75.7 Å². The van der Waals surface area contributed by atoms with Gasteiger partial charge in [-0.1, -0.05) is 31.2 Å². The molecule has 0 unspecified atom stereocenters. The Hall–Kier alpha value is -2.54. The maximum atomic E-state index is 13.0. The number of ether oxygens (including phenoxy) is 1. The molecule has 0 heterocycles. The minimum Gasteiger partial charge on any atom is -0.497 e. The van der Waals surface area contributed by atoms with Gasteiger partial charge in [0.1, 0.15) is 12.3 Å². The molecule has 0 aliphatic carbocycles. The number of sulfonamides is 1. The fourth-order valence-electron chi connectivity index (χ4n) is 2.25. The summed E-state index contributed by atoms with van der Waals surface area (Å²) in [7, 11) is -2.38. The molecule has 0 aromatic heterocycles. The van der Waals surface area contributed by atoms with Crippen molar-refractivity contribution in [1.29, 1.82) is 0 Å². The van der Waals surface area contributed by atoms with Crippen molar-refractivity contribution < 1.29 is 17.9 Å². The number of benzene rings is 2. The number of hydrogen-bond donors (Lipinski definition) is 1. The molecular weight excluding hydrogens is 340 g/mol. The first-order valence-corrected chi connectivity index (χ1v) is 9.41. The van der Waals surface area contributed by atoms with Crippen LogP contribution in [0.3, 0.4) is 0 Å². The first-order chi connectivity index (χ1) is 12.0. The fraction of sp³-hybridized carbons (Fsp3) is 0.278. The van der Waals surface area contributed by atoms with E-state index in [4.69, 9.17) is 4.74 Å². The molecule has 1 amide bonds. The van der Waals surface area contributed by atoms with Crippen LogP contribution in [0.5, 0.6) is 5.75 Å². The number of amides is 1. The Balaban J connectivity index is 2.43. The molecule has 2 rings (SSSR count). The molecular formula is C18H22N2O4S. The predicted molar refractivity (Wildman–Crippen MR) is 97.3 cm³/mol. The Morgan fingerprint density at radius 3 is 2.48 bits per heavy atom. The summed E-state index contributed by atoms with van der Waals surface area (Å²) >= 11 is 0. The van der Waals surface area contributed by atoms with Crippen LogP contribution in [0.15, 0.2) is 59.5 Å². The van der Waals surface area contributed by atoms with Gasteiger partial charge in [-0.3, -0.25) is 9.10 Å². The third-order valence-electron chi connectivity index (χ3n) is 3.53. The Labute approximate surface area is 148 Å². The number of nitrogens with one attached hydrogen (secondary N) is 1. The Kier molecular flexibility index (Phi) is 6.41. The van der Waals surface area contributed by atoms with Gasteiger partial charge in [0.25, 0.3) is 10.0 Å². The lowest BCUT2D eigenvalue weighted by atomic mass is 10.3. The second kappa shape index (κ2) is 8.53. The van der Waals surface area contributed by atoms with E-state index < -0.39 is 10.0 Å². The van der Waals surface area contributed by atoms with Gasteiger partial charge in [0, 0.05) is 12.6 Å². The first-order valence-electron chi connectivity index (χ1n) is 7.97. The largest absolute Gasteiger partial charge is 0.497 e. The number of nitrogens with zero attached hydrogens (tertiary/aromatic N) is 1. The van der Waals surface area contributed by atoms with E-state index >= 15 is 0 Å². The third-order valence-corrected chi connectivity index (χ3v) is 5.32. The van der Waals surface area contributed by atoms with Gasteiger partial charge in [0.05, 0.1) is 17.7 Å². The monoisotopic (exact) mass is 362 g/mol. The van der Waals surface area contributed by atoms with Gasteiger partial charge in [-0.15, -0.1) is 0 Å². The van der Waals surface area contributed by atoms with E-state index in [2.05, 4.69) is 5.32 Å². The van der Waals surface area contributed by atoms with Crippen molar-refractivity contribution in [2.75, 3.05) is 24.5 Å². The van der Waals surface area contributed by atoms with E-state index in [0.29, 0.717) is 18.0 Å². The van der Waals surface area contributed by atoms with Crippen molar-refractivity contribution in [3.63, 3.8) is 0 Å². The third kappa shape index (κ3) is 4.73. The number of methoxy groups -OCH3 is 1. The highest BCUT2D eigenvalue weighted by atomic mass is 32.2. The van der Waals surface area contributed by atoms with Gasteiger partial charge in [0.15, 0.2) is 0 Å². The Morgan fingerprint density at radius 1 is 1.12 bits per heavy atom. The molecule has 25 heavy (non-hydrogen) atoms. The van der Waals surface area contributed by atoms with Crippen LogP contribution >= 0.6 is 0 Å². The van der Waals surface area contributed by atoms with E-state index in [9.17, 15) is 13.2 Å². The van der Waals surface area contributed by atoms with Crippen LogP contribution in [0.4, 0.5) is 5.69 Å². The van der Waals surface area contributed by atoms with Crippen molar-refractivity contribution >= 4 is 21.6 Å². The molecule has 0 atom stereocenters. The smallest absolute Gasteiger partial charge is 0.264 e. The standard InChI is InChI=1S/C18H22N2O4S/c1-3-12-19-18(21)14-20(15-8-7-9-16(13-15)24-2)25(22,23)17-10-5-4-6-11-17/h4-11,13H,3,12,14H2,1-2H3,(H,19,21). The van der Waals surface area contributed by atoms with Gasteiger partial charge < -0.3 is 10.1 Å². The van der Waals surface area contributed by atoms with Crippen LogP contribution in [-0.4, -0.2) is 34.5 Å². The van der Waals surface area contributed by atoms with Crippen molar-refractivity contribution in [2.45, 2.75) is 18.2 Å². The second-order valence-electron chi connectivity index (χ2n) is 5.38. The second-order valence-corrected chi connectivity index (χ2v) is 7.24. The Bertz CT molecular complexity index is 807. The predicted octanol–water partition coefficient (Wildman–Crippen LogP) is 2.42.